The van der Waals surface area contributed by atoms with Crippen molar-refractivity contribution in [1.29, 1.82) is 0 Å². The maximum Gasteiger partial charge on any atom is 0.321 e. The van der Waals surface area contributed by atoms with Crippen LogP contribution in [-0.4, -0.2) is 61.1 Å². The Kier molecular flexibility index (Phi) is 4.29. The summed E-state index contributed by atoms with van der Waals surface area (Å²) in [5.41, 5.74) is 1.98. The summed E-state index contributed by atoms with van der Waals surface area (Å²) >= 11 is 0. The first-order valence-electron chi connectivity index (χ1n) is 7.64. The number of hydrogen-bond acceptors (Lipinski definition) is 3. The number of morpholine rings is 1. The SMILES string of the molecule is Cc1ccc(C2C(=O)NCCN2C(=O)N2CCOCC2)cc1. The van der Waals surface area contributed by atoms with Crippen LogP contribution in [0.3, 0.4) is 0 Å². The molecule has 2 aliphatic rings. The number of hydrogen-bond donors (Lipinski definition) is 1. The summed E-state index contributed by atoms with van der Waals surface area (Å²) in [6.45, 7) is 5.30. The highest BCUT2D eigenvalue weighted by atomic mass is 16.5. The molecule has 0 radical (unpaired) electrons. The molecule has 2 aliphatic heterocycles. The van der Waals surface area contributed by atoms with Crippen LogP contribution in [0.4, 0.5) is 4.79 Å². The molecule has 3 amide bonds. The number of carbonyl (C=O) groups is 2. The Balaban J connectivity index is 1.84. The van der Waals surface area contributed by atoms with E-state index < -0.39 is 6.04 Å². The Bertz CT molecular complexity index is 552. The minimum absolute atomic E-state index is 0.0799. The van der Waals surface area contributed by atoms with E-state index in [-0.39, 0.29) is 11.9 Å². The monoisotopic (exact) mass is 303 g/mol. The highest BCUT2D eigenvalue weighted by Crippen LogP contribution is 2.25. The van der Waals surface area contributed by atoms with Crippen molar-refractivity contribution in [2.45, 2.75) is 13.0 Å². The van der Waals surface area contributed by atoms with Crippen LogP contribution in [0.25, 0.3) is 0 Å². The lowest BCUT2D eigenvalue weighted by Crippen LogP contribution is -2.57. The average Bonchev–Trinajstić information content (AvgIpc) is 2.56. The van der Waals surface area contributed by atoms with Gasteiger partial charge in [0.25, 0.3) is 0 Å². The molecular formula is C16H21N3O3. The van der Waals surface area contributed by atoms with Gasteiger partial charge in [-0.05, 0) is 12.5 Å². The Morgan fingerprint density at radius 3 is 2.55 bits per heavy atom. The normalized spacial score (nSPS) is 22.4. The van der Waals surface area contributed by atoms with E-state index in [0.717, 1.165) is 11.1 Å². The van der Waals surface area contributed by atoms with Crippen molar-refractivity contribution >= 4 is 11.9 Å². The maximum absolute atomic E-state index is 12.8. The lowest BCUT2D eigenvalue weighted by atomic mass is 10.0. The van der Waals surface area contributed by atoms with Crippen LogP contribution in [0.1, 0.15) is 17.2 Å². The lowest BCUT2D eigenvalue weighted by Gasteiger charge is -2.39. The van der Waals surface area contributed by atoms with Crippen molar-refractivity contribution in [3.8, 4) is 0 Å². The fourth-order valence-corrected chi connectivity index (χ4v) is 2.89. The van der Waals surface area contributed by atoms with E-state index in [1.54, 1.807) is 9.80 Å². The van der Waals surface area contributed by atoms with Gasteiger partial charge in [-0.3, -0.25) is 4.79 Å². The van der Waals surface area contributed by atoms with Gasteiger partial charge in [-0.1, -0.05) is 29.8 Å². The van der Waals surface area contributed by atoms with Gasteiger partial charge in [0.05, 0.1) is 13.2 Å². The standard InChI is InChI=1S/C16H21N3O3/c1-12-2-4-13(5-3-12)14-15(20)17-6-7-19(14)16(21)18-8-10-22-11-9-18/h2-5,14H,6-11H2,1H3,(H,17,20). The molecule has 6 nitrogen and oxygen atoms in total. The van der Waals surface area contributed by atoms with Crippen molar-refractivity contribution < 1.29 is 14.3 Å². The van der Waals surface area contributed by atoms with Gasteiger partial charge in [0.1, 0.15) is 6.04 Å². The third-order valence-electron chi connectivity index (χ3n) is 4.13. The Hall–Kier alpha value is -2.08. The van der Waals surface area contributed by atoms with Gasteiger partial charge in [0.2, 0.25) is 5.91 Å². The minimum atomic E-state index is -0.551. The predicted molar refractivity (Wildman–Crippen MR) is 81.4 cm³/mol. The molecular weight excluding hydrogens is 282 g/mol. The van der Waals surface area contributed by atoms with Gasteiger partial charge >= 0.3 is 6.03 Å². The van der Waals surface area contributed by atoms with Gasteiger partial charge in [0, 0.05) is 26.2 Å². The van der Waals surface area contributed by atoms with Gasteiger partial charge in [0.15, 0.2) is 0 Å². The predicted octanol–water partition coefficient (Wildman–Crippen LogP) is 0.920. The lowest BCUT2D eigenvalue weighted by molar-refractivity contribution is -0.128. The third-order valence-corrected chi connectivity index (χ3v) is 4.13. The van der Waals surface area contributed by atoms with E-state index in [1.807, 2.05) is 31.2 Å². The molecule has 1 aromatic carbocycles. The summed E-state index contributed by atoms with van der Waals surface area (Å²) in [6.07, 6.45) is 0. The quantitative estimate of drug-likeness (QED) is 0.839. The molecule has 0 aliphatic carbocycles. The number of amides is 3. The summed E-state index contributed by atoms with van der Waals surface area (Å²) in [5, 5.41) is 2.86. The first-order valence-corrected chi connectivity index (χ1v) is 7.64. The summed E-state index contributed by atoms with van der Waals surface area (Å²) in [4.78, 5) is 28.5. The second kappa shape index (κ2) is 6.36. The Labute approximate surface area is 130 Å². The highest BCUT2D eigenvalue weighted by Gasteiger charge is 2.36. The minimum Gasteiger partial charge on any atom is -0.378 e. The van der Waals surface area contributed by atoms with Crippen LogP contribution in [0.2, 0.25) is 0 Å². The summed E-state index contributed by atoms with van der Waals surface area (Å²) in [7, 11) is 0. The van der Waals surface area contributed by atoms with Gasteiger partial charge in [-0.25, -0.2) is 4.79 Å². The number of benzene rings is 1. The topological polar surface area (TPSA) is 61.9 Å². The van der Waals surface area contributed by atoms with E-state index in [4.69, 9.17) is 4.74 Å². The number of nitrogens with zero attached hydrogens (tertiary/aromatic N) is 2. The van der Waals surface area contributed by atoms with E-state index in [2.05, 4.69) is 5.32 Å². The van der Waals surface area contributed by atoms with Gasteiger partial charge in [-0.15, -0.1) is 0 Å². The largest absolute Gasteiger partial charge is 0.378 e. The zero-order valence-corrected chi connectivity index (χ0v) is 12.7. The highest BCUT2D eigenvalue weighted by molar-refractivity contribution is 5.89. The molecule has 3 rings (SSSR count). The molecule has 0 saturated carbocycles. The van der Waals surface area contributed by atoms with Crippen molar-refractivity contribution in [1.82, 2.24) is 15.1 Å². The van der Waals surface area contributed by atoms with E-state index in [1.165, 1.54) is 0 Å². The molecule has 22 heavy (non-hydrogen) atoms. The zero-order valence-electron chi connectivity index (χ0n) is 12.7. The molecule has 1 N–H and O–H groups in total. The number of piperazine rings is 1. The second-order valence-corrected chi connectivity index (χ2v) is 5.68. The Morgan fingerprint density at radius 2 is 1.86 bits per heavy atom. The number of rotatable bonds is 1. The molecule has 118 valence electrons. The van der Waals surface area contributed by atoms with E-state index >= 15 is 0 Å². The zero-order chi connectivity index (χ0) is 15.5. The smallest absolute Gasteiger partial charge is 0.321 e. The molecule has 1 aromatic rings. The second-order valence-electron chi connectivity index (χ2n) is 5.68. The number of carbonyl (C=O) groups excluding carboxylic acids is 2. The summed E-state index contributed by atoms with van der Waals surface area (Å²) in [5.74, 6) is -0.114. The van der Waals surface area contributed by atoms with Crippen molar-refractivity contribution in [3.05, 3.63) is 35.4 Å². The fraction of sp³-hybridized carbons (Fsp3) is 0.500. The van der Waals surface area contributed by atoms with Gasteiger partial charge in [-0.2, -0.15) is 0 Å². The van der Waals surface area contributed by atoms with Crippen LogP contribution in [0, 0.1) is 6.92 Å². The number of urea groups is 1. The molecule has 1 atom stereocenters. The van der Waals surface area contributed by atoms with E-state index in [0.29, 0.717) is 39.4 Å². The number of nitrogens with one attached hydrogen (secondary N) is 1. The molecule has 0 aromatic heterocycles. The van der Waals surface area contributed by atoms with Crippen molar-refractivity contribution in [2.24, 2.45) is 0 Å². The molecule has 0 spiro atoms. The first-order chi connectivity index (χ1) is 10.7. The first kappa shape index (κ1) is 14.8. The molecule has 2 heterocycles. The van der Waals surface area contributed by atoms with Crippen LogP contribution in [0.15, 0.2) is 24.3 Å². The fourth-order valence-electron chi connectivity index (χ4n) is 2.89. The van der Waals surface area contributed by atoms with Crippen LogP contribution >= 0.6 is 0 Å². The van der Waals surface area contributed by atoms with E-state index in [9.17, 15) is 9.59 Å². The molecule has 2 fully saturated rings. The summed E-state index contributed by atoms with van der Waals surface area (Å²) < 4.78 is 5.29. The van der Waals surface area contributed by atoms with Crippen LogP contribution < -0.4 is 5.32 Å². The molecule has 6 heteroatoms. The molecule has 2 saturated heterocycles. The van der Waals surface area contributed by atoms with Crippen LogP contribution in [0.5, 0.6) is 0 Å². The van der Waals surface area contributed by atoms with Gasteiger partial charge < -0.3 is 19.9 Å². The summed E-state index contributed by atoms with van der Waals surface area (Å²) in [6, 6.07) is 7.14. The maximum atomic E-state index is 12.8. The number of aryl methyl sites for hydroxylation is 1. The van der Waals surface area contributed by atoms with Crippen molar-refractivity contribution in [2.75, 3.05) is 39.4 Å². The van der Waals surface area contributed by atoms with Crippen LogP contribution in [-0.2, 0) is 9.53 Å². The molecule has 1 unspecified atom stereocenters. The number of ether oxygens (including phenoxy) is 1. The molecule has 0 bridgehead atoms. The average molecular weight is 303 g/mol. The Morgan fingerprint density at radius 1 is 1.18 bits per heavy atom. The third kappa shape index (κ3) is 2.92. The van der Waals surface area contributed by atoms with Crippen molar-refractivity contribution in [3.63, 3.8) is 0 Å².